The van der Waals surface area contributed by atoms with Crippen molar-refractivity contribution < 1.29 is 9.47 Å². The largest absolute Gasteiger partial charge is 0.497 e. The maximum absolute atomic E-state index is 5.93. The summed E-state index contributed by atoms with van der Waals surface area (Å²) in [7, 11) is 1.70. The lowest BCUT2D eigenvalue weighted by atomic mass is 9.83. The fourth-order valence-electron chi connectivity index (χ4n) is 2.96. The second-order valence-corrected chi connectivity index (χ2v) is 15.1. The summed E-state index contributed by atoms with van der Waals surface area (Å²) in [6.45, 7) is 0.707. The van der Waals surface area contributed by atoms with Gasteiger partial charge in [-0.3, -0.25) is 0 Å². The van der Waals surface area contributed by atoms with Crippen molar-refractivity contribution in [1.82, 2.24) is 0 Å². The Bertz CT molecular complexity index is 440. The SMILES string of the molecule is COc1ccc([C@H]2CC[C@H](OCCC[Si](Cl)(Cl)Cl)CC2)cc1. The molecule has 0 N–H and O–H groups in total. The first-order chi connectivity index (χ1) is 10.5. The lowest BCUT2D eigenvalue weighted by Crippen LogP contribution is -2.22. The highest BCUT2D eigenvalue weighted by atomic mass is 35.8. The van der Waals surface area contributed by atoms with E-state index >= 15 is 0 Å². The van der Waals surface area contributed by atoms with Gasteiger partial charge >= 0.3 is 6.00 Å². The molecule has 124 valence electrons. The van der Waals surface area contributed by atoms with Crippen LogP contribution in [-0.2, 0) is 4.74 Å². The van der Waals surface area contributed by atoms with Crippen molar-refractivity contribution in [3.05, 3.63) is 29.8 Å². The Kier molecular flexibility index (Phi) is 7.35. The lowest BCUT2D eigenvalue weighted by molar-refractivity contribution is 0.0251. The Morgan fingerprint density at radius 3 is 2.23 bits per heavy atom. The van der Waals surface area contributed by atoms with E-state index in [1.165, 1.54) is 18.4 Å². The molecule has 6 heteroatoms. The van der Waals surface area contributed by atoms with Gasteiger partial charge in [0.2, 0.25) is 0 Å². The van der Waals surface area contributed by atoms with Crippen LogP contribution >= 0.6 is 33.2 Å². The van der Waals surface area contributed by atoms with Gasteiger partial charge in [-0.15, -0.1) is 33.2 Å². The quantitative estimate of drug-likeness (QED) is 0.338. The van der Waals surface area contributed by atoms with E-state index in [0.717, 1.165) is 25.0 Å². The number of hydrogen-bond acceptors (Lipinski definition) is 2. The van der Waals surface area contributed by atoms with Gasteiger partial charge in [0, 0.05) is 6.61 Å². The van der Waals surface area contributed by atoms with Gasteiger partial charge in [-0.2, -0.15) is 0 Å². The van der Waals surface area contributed by atoms with Crippen LogP contribution in [0.3, 0.4) is 0 Å². The van der Waals surface area contributed by atoms with E-state index in [0.29, 0.717) is 24.7 Å². The summed E-state index contributed by atoms with van der Waals surface area (Å²) in [5.74, 6) is 1.55. The Labute approximate surface area is 148 Å². The van der Waals surface area contributed by atoms with E-state index in [1.807, 2.05) is 12.1 Å². The van der Waals surface area contributed by atoms with E-state index < -0.39 is 6.00 Å². The Morgan fingerprint density at radius 1 is 1.05 bits per heavy atom. The molecule has 0 aromatic heterocycles. The van der Waals surface area contributed by atoms with E-state index in [9.17, 15) is 0 Å². The third kappa shape index (κ3) is 6.29. The summed E-state index contributed by atoms with van der Waals surface area (Å²) >= 11 is 17.6. The zero-order valence-electron chi connectivity index (χ0n) is 12.9. The molecule has 1 aliphatic carbocycles. The van der Waals surface area contributed by atoms with Crippen molar-refractivity contribution in [1.29, 1.82) is 0 Å². The van der Waals surface area contributed by atoms with Crippen LogP contribution in [0.1, 0.15) is 43.6 Å². The molecule has 1 aromatic rings. The van der Waals surface area contributed by atoms with Gasteiger partial charge in [-0.1, -0.05) is 12.1 Å². The third-order valence-corrected chi connectivity index (χ3v) is 6.84. The number of hydrogen-bond donors (Lipinski definition) is 0. The molecule has 0 amide bonds. The predicted molar refractivity (Wildman–Crippen MR) is 96.7 cm³/mol. The highest BCUT2D eigenvalue weighted by Crippen LogP contribution is 2.35. The molecule has 0 radical (unpaired) electrons. The van der Waals surface area contributed by atoms with Crippen molar-refractivity contribution in [2.45, 2.75) is 50.2 Å². The van der Waals surface area contributed by atoms with E-state index in [1.54, 1.807) is 7.11 Å². The van der Waals surface area contributed by atoms with Gasteiger partial charge in [-0.25, -0.2) is 0 Å². The fourth-order valence-corrected chi connectivity index (χ4v) is 4.71. The molecule has 22 heavy (non-hydrogen) atoms. The molecule has 0 aliphatic heterocycles. The van der Waals surface area contributed by atoms with Crippen LogP contribution in [0.4, 0.5) is 0 Å². The number of halogens is 3. The molecule has 0 heterocycles. The fraction of sp³-hybridized carbons (Fsp3) is 0.625. The second-order valence-electron chi connectivity index (χ2n) is 5.84. The van der Waals surface area contributed by atoms with Crippen LogP contribution < -0.4 is 4.74 Å². The van der Waals surface area contributed by atoms with Crippen LogP contribution in [0.15, 0.2) is 24.3 Å². The van der Waals surface area contributed by atoms with Gasteiger partial charge < -0.3 is 9.47 Å². The molecule has 0 atom stereocenters. The Morgan fingerprint density at radius 2 is 1.68 bits per heavy atom. The molecule has 1 fully saturated rings. The molecule has 1 saturated carbocycles. The second kappa shape index (κ2) is 8.79. The van der Waals surface area contributed by atoms with Crippen LogP contribution in [0.2, 0.25) is 6.04 Å². The van der Waals surface area contributed by atoms with E-state index in [4.69, 9.17) is 42.7 Å². The highest BCUT2D eigenvalue weighted by Gasteiger charge is 2.25. The smallest absolute Gasteiger partial charge is 0.341 e. The Hall–Kier alpha value is 0.0669. The van der Waals surface area contributed by atoms with Gasteiger partial charge in [0.05, 0.1) is 13.2 Å². The average molecular weight is 382 g/mol. The predicted octanol–water partition coefficient (Wildman–Crippen LogP) is 5.78. The average Bonchev–Trinajstić information content (AvgIpc) is 2.51. The Balaban J connectivity index is 1.69. The van der Waals surface area contributed by atoms with Crippen molar-refractivity contribution in [2.24, 2.45) is 0 Å². The number of benzene rings is 1. The van der Waals surface area contributed by atoms with Crippen molar-refractivity contribution in [2.75, 3.05) is 13.7 Å². The van der Waals surface area contributed by atoms with Crippen LogP contribution in [0.5, 0.6) is 5.75 Å². The summed E-state index contributed by atoms with van der Waals surface area (Å²) in [6, 6.07) is 6.63. The first-order valence-corrected chi connectivity index (χ1v) is 13.0. The molecule has 1 aromatic carbocycles. The molecule has 0 saturated heterocycles. The van der Waals surface area contributed by atoms with Gasteiger partial charge in [0.1, 0.15) is 5.75 Å². The minimum Gasteiger partial charge on any atom is -0.497 e. The number of methoxy groups -OCH3 is 1. The first-order valence-electron chi connectivity index (χ1n) is 7.80. The minimum atomic E-state index is -2.48. The molecule has 2 nitrogen and oxygen atoms in total. The number of ether oxygens (including phenoxy) is 2. The highest BCUT2D eigenvalue weighted by molar-refractivity contribution is 7.64. The summed E-state index contributed by atoms with van der Waals surface area (Å²) < 4.78 is 11.1. The molecule has 0 bridgehead atoms. The van der Waals surface area contributed by atoms with E-state index in [-0.39, 0.29) is 0 Å². The zero-order valence-corrected chi connectivity index (χ0v) is 16.1. The van der Waals surface area contributed by atoms with Crippen molar-refractivity contribution in [3.63, 3.8) is 0 Å². The summed E-state index contributed by atoms with van der Waals surface area (Å²) in [6.07, 6.45) is 5.80. The molecule has 2 rings (SSSR count). The first kappa shape index (κ1) is 18.4. The van der Waals surface area contributed by atoms with Gasteiger partial charge in [0.15, 0.2) is 0 Å². The molecule has 0 unspecified atom stereocenters. The standard InChI is InChI=1S/C16H23Cl3O2Si/c1-20-15-7-3-13(4-8-15)14-5-9-16(10-6-14)21-11-2-12-22(17,18)19/h3-4,7-8,14,16H,2,5-6,9-12H2,1H3/t14-,16-. The van der Waals surface area contributed by atoms with Crippen molar-refractivity contribution in [3.8, 4) is 5.75 Å². The summed E-state index contributed by atoms with van der Waals surface area (Å²) in [5, 5.41) is 0. The molecular weight excluding hydrogens is 359 g/mol. The van der Waals surface area contributed by atoms with Crippen molar-refractivity contribution >= 4 is 39.2 Å². The minimum absolute atomic E-state index is 0.367. The molecular formula is C16H23Cl3O2Si. The topological polar surface area (TPSA) is 18.5 Å². The maximum atomic E-state index is 5.93. The molecule has 0 spiro atoms. The third-order valence-electron chi connectivity index (χ3n) is 4.22. The van der Waals surface area contributed by atoms with Crippen LogP contribution in [0, 0.1) is 0 Å². The van der Waals surface area contributed by atoms with Gasteiger partial charge in [0.25, 0.3) is 0 Å². The summed E-state index contributed by atoms with van der Waals surface area (Å²) in [5.41, 5.74) is 1.40. The number of rotatable bonds is 7. The molecule has 1 aliphatic rings. The van der Waals surface area contributed by atoms with Crippen LogP contribution in [0.25, 0.3) is 0 Å². The zero-order chi connectivity index (χ0) is 16.0. The van der Waals surface area contributed by atoms with Crippen LogP contribution in [-0.4, -0.2) is 25.8 Å². The maximum Gasteiger partial charge on any atom is 0.341 e. The van der Waals surface area contributed by atoms with E-state index in [2.05, 4.69) is 12.1 Å². The van der Waals surface area contributed by atoms with Gasteiger partial charge in [-0.05, 0) is 61.8 Å². The monoisotopic (exact) mass is 380 g/mol. The normalized spacial score (nSPS) is 22.5. The lowest BCUT2D eigenvalue weighted by Gasteiger charge is -2.29. The summed E-state index contributed by atoms with van der Waals surface area (Å²) in [4.78, 5) is 0.